The van der Waals surface area contributed by atoms with Crippen LogP contribution in [-0.2, 0) is 10.2 Å². The minimum atomic E-state index is -3.66. The van der Waals surface area contributed by atoms with Gasteiger partial charge in [0.25, 0.3) is 16.1 Å². The van der Waals surface area contributed by atoms with Crippen molar-refractivity contribution in [3.8, 4) is 5.75 Å². The molecule has 19 heavy (non-hydrogen) atoms. The summed E-state index contributed by atoms with van der Waals surface area (Å²) in [6.45, 7) is 1.14. The summed E-state index contributed by atoms with van der Waals surface area (Å²) in [5.41, 5.74) is 0. The van der Waals surface area contributed by atoms with Gasteiger partial charge in [-0.25, -0.2) is 5.14 Å². The monoisotopic (exact) mass is 305 g/mol. The highest BCUT2D eigenvalue weighted by molar-refractivity contribution is 7.86. The van der Waals surface area contributed by atoms with Gasteiger partial charge in [0.15, 0.2) is 0 Å². The number of nitrogens with zero attached hydrogens (tertiary/aromatic N) is 2. The van der Waals surface area contributed by atoms with E-state index in [9.17, 15) is 13.2 Å². The van der Waals surface area contributed by atoms with Gasteiger partial charge in [-0.2, -0.15) is 12.7 Å². The fourth-order valence-corrected chi connectivity index (χ4v) is 3.33. The van der Waals surface area contributed by atoms with Crippen LogP contribution in [0.15, 0.2) is 11.4 Å². The van der Waals surface area contributed by atoms with Gasteiger partial charge < -0.3 is 9.64 Å². The summed E-state index contributed by atoms with van der Waals surface area (Å²) in [4.78, 5) is 14.4. The standard InChI is InChI=1S/C10H15N3O4S2/c1-17-8-6-9(18-7-8)10(14)12-2-4-13(5-3-12)19(11,15)16/h6-7H,2-5H2,1H3,(H2,11,15,16). The summed E-state index contributed by atoms with van der Waals surface area (Å²) in [5, 5.41) is 6.80. The Morgan fingerprint density at radius 3 is 2.47 bits per heavy atom. The van der Waals surface area contributed by atoms with Crippen molar-refractivity contribution >= 4 is 27.5 Å². The first-order valence-electron chi connectivity index (χ1n) is 5.61. The summed E-state index contributed by atoms with van der Waals surface area (Å²) >= 11 is 1.31. The van der Waals surface area contributed by atoms with Crippen LogP contribution in [0, 0.1) is 0 Å². The molecule has 106 valence electrons. The maximum absolute atomic E-state index is 12.2. The molecule has 1 fully saturated rings. The van der Waals surface area contributed by atoms with Gasteiger partial charge in [0.2, 0.25) is 0 Å². The van der Waals surface area contributed by atoms with Gasteiger partial charge in [-0.05, 0) is 0 Å². The molecule has 0 bridgehead atoms. The molecular formula is C10H15N3O4S2. The molecule has 2 heterocycles. The van der Waals surface area contributed by atoms with Crippen LogP contribution < -0.4 is 9.88 Å². The van der Waals surface area contributed by atoms with E-state index >= 15 is 0 Å². The molecule has 0 aromatic carbocycles. The Balaban J connectivity index is 1.99. The van der Waals surface area contributed by atoms with Crippen LogP contribution in [0.3, 0.4) is 0 Å². The number of piperazine rings is 1. The number of carbonyl (C=O) groups is 1. The molecule has 0 spiro atoms. The second kappa shape index (κ2) is 5.45. The molecule has 0 radical (unpaired) electrons. The molecule has 0 saturated carbocycles. The number of nitrogens with two attached hydrogens (primary N) is 1. The lowest BCUT2D eigenvalue weighted by Crippen LogP contribution is -2.52. The average molecular weight is 305 g/mol. The zero-order valence-electron chi connectivity index (χ0n) is 10.4. The van der Waals surface area contributed by atoms with Crippen LogP contribution in [0.2, 0.25) is 0 Å². The van der Waals surface area contributed by atoms with E-state index in [1.807, 2.05) is 0 Å². The lowest BCUT2D eigenvalue weighted by Gasteiger charge is -2.32. The van der Waals surface area contributed by atoms with Gasteiger partial charge in [0, 0.05) is 37.6 Å². The maximum atomic E-state index is 12.2. The summed E-state index contributed by atoms with van der Waals surface area (Å²) in [5.74, 6) is 0.541. The Hall–Kier alpha value is -1.16. The van der Waals surface area contributed by atoms with Crippen molar-refractivity contribution in [1.82, 2.24) is 9.21 Å². The van der Waals surface area contributed by atoms with Crippen LogP contribution in [0.4, 0.5) is 0 Å². The van der Waals surface area contributed by atoms with Gasteiger partial charge in [-0.3, -0.25) is 4.79 Å². The molecule has 1 aromatic heterocycles. The number of amides is 1. The topological polar surface area (TPSA) is 92.9 Å². The molecule has 0 atom stereocenters. The fraction of sp³-hybridized carbons (Fsp3) is 0.500. The molecule has 1 saturated heterocycles. The Labute approximate surface area is 115 Å². The van der Waals surface area contributed by atoms with E-state index in [2.05, 4.69) is 0 Å². The number of methoxy groups -OCH3 is 1. The van der Waals surface area contributed by atoms with Crippen LogP contribution in [0.25, 0.3) is 0 Å². The first kappa shape index (κ1) is 14.3. The predicted molar refractivity (Wildman–Crippen MR) is 71.5 cm³/mol. The average Bonchev–Trinajstić information content (AvgIpc) is 2.86. The maximum Gasteiger partial charge on any atom is 0.277 e. The quantitative estimate of drug-likeness (QED) is 0.831. The first-order valence-corrected chi connectivity index (χ1v) is 8.00. The number of ether oxygens (including phenoxy) is 1. The lowest BCUT2D eigenvalue weighted by molar-refractivity contribution is 0.0702. The van der Waals surface area contributed by atoms with Crippen LogP contribution in [0.1, 0.15) is 9.67 Å². The van der Waals surface area contributed by atoms with Crippen molar-refractivity contribution in [3.63, 3.8) is 0 Å². The first-order chi connectivity index (χ1) is 8.91. The SMILES string of the molecule is COc1csc(C(=O)N2CCN(S(N)(=O)=O)CC2)c1. The normalized spacial score (nSPS) is 17.5. The van der Waals surface area contributed by atoms with Crippen LogP contribution in [-0.4, -0.2) is 56.8 Å². The molecule has 1 amide bonds. The largest absolute Gasteiger partial charge is 0.496 e. The third-order valence-electron chi connectivity index (χ3n) is 2.91. The minimum Gasteiger partial charge on any atom is -0.496 e. The van der Waals surface area contributed by atoms with Gasteiger partial charge in [0.05, 0.1) is 12.0 Å². The van der Waals surface area contributed by atoms with Crippen molar-refractivity contribution < 1.29 is 17.9 Å². The second-order valence-electron chi connectivity index (χ2n) is 4.09. The highest BCUT2D eigenvalue weighted by Gasteiger charge is 2.27. The summed E-state index contributed by atoms with van der Waals surface area (Å²) in [6, 6.07) is 1.68. The second-order valence-corrected chi connectivity index (χ2v) is 6.54. The molecule has 0 unspecified atom stereocenters. The fourth-order valence-electron chi connectivity index (χ4n) is 1.84. The number of hydrogen-bond donors (Lipinski definition) is 1. The molecule has 1 aliphatic rings. The van der Waals surface area contributed by atoms with Crippen molar-refractivity contribution in [2.75, 3.05) is 33.3 Å². The highest BCUT2D eigenvalue weighted by atomic mass is 32.2. The van der Waals surface area contributed by atoms with E-state index in [0.717, 1.165) is 0 Å². The molecule has 0 aliphatic carbocycles. The van der Waals surface area contributed by atoms with Crippen molar-refractivity contribution in [1.29, 1.82) is 0 Å². The van der Waals surface area contributed by atoms with Gasteiger partial charge in [0.1, 0.15) is 5.75 Å². The van der Waals surface area contributed by atoms with Gasteiger partial charge in [-0.15, -0.1) is 11.3 Å². The Bertz CT molecular complexity index is 561. The molecule has 1 aromatic rings. The lowest BCUT2D eigenvalue weighted by atomic mass is 10.3. The molecule has 1 aliphatic heterocycles. The van der Waals surface area contributed by atoms with Crippen LogP contribution in [0.5, 0.6) is 5.75 Å². The zero-order chi connectivity index (χ0) is 14.0. The Morgan fingerprint density at radius 2 is 2.00 bits per heavy atom. The molecular weight excluding hydrogens is 290 g/mol. The summed E-state index contributed by atoms with van der Waals surface area (Å²) in [7, 11) is -2.12. The number of thiophene rings is 1. The minimum absolute atomic E-state index is 0.109. The van der Waals surface area contributed by atoms with Crippen molar-refractivity contribution in [2.45, 2.75) is 0 Å². The number of carbonyl (C=O) groups excluding carboxylic acids is 1. The molecule has 2 rings (SSSR count). The van der Waals surface area contributed by atoms with E-state index in [0.29, 0.717) is 23.7 Å². The van der Waals surface area contributed by atoms with E-state index < -0.39 is 10.2 Å². The highest BCUT2D eigenvalue weighted by Crippen LogP contribution is 2.23. The van der Waals surface area contributed by atoms with Crippen LogP contribution >= 0.6 is 11.3 Å². The molecule has 2 N–H and O–H groups in total. The van der Waals surface area contributed by atoms with E-state index in [1.54, 1.807) is 23.5 Å². The van der Waals surface area contributed by atoms with Crippen molar-refractivity contribution in [2.24, 2.45) is 5.14 Å². The van der Waals surface area contributed by atoms with Gasteiger partial charge >= 0.3 is 0 Å². The van der Waals surface area contributed by atoms with Crippen molar-refractivity contribution in [3.05, 3.63) is 16.3 Å². The van der Waals surface area contributed by atoms with Gasteiger partial charge in [-0.1, -0.05) is 0 Å². The smallest absolute Gasteiger partial charge is 0.277 e. The third kappa shape index (κ3) is 3.24. The summed E-state index contributed by atoms with van der Waals surface area (Å²) < 4.78 is 28.5. The summed E-state index contributed by atoms with van der Waals surface area (Å²) in [6.07, 6.45) is 0. The predicted octanol–water partition coefficient (Wildman–Crippen LogP) is -0.282. The third-order valence-corrected chi connectivity index (χ3v) is 4.89. The molecule has 9 heteroatoms. The number of rotatable bonds is 3. The Morgan fingerprint density at radius 1 is 1.37 bits per heavy atom. The van der Waals surface area contributed by atoms with E-state index in [4.69, 9.17) is 9.88 Å². The molecule has 7 nitrogen and oxygen atoms in total. The zero-order valence-corrected chi connectivity index (χ0v) is 12.0. The number of hydrogen-bond acceptors (Lipinski definition) is 5. The Kier molecular flexibility index (Phi) is 4.09. The van der Waals surface area contributed by atoms with E-state index in [1.165, 1.54) is 15.6 Å². The van der Waals surface area contributed by atoms with E-state index in [-0.39, 0.29) is 19.0 Å².